The van der Waals surface area contributed by atoms with Gasteiger partial charge in [0.2, 0.25) is 17.7 Å². The third kappa shape index (κ3) is 13.7. The Balaban J connectivity index is 0.000000575. The summed E-state index contributed by atoms with van der Waals surface area (Å²) >= 11 is 0. The minimum absolute atomic E-state index is 0.0332. The van der Waals surface area contributed by atoms with Gasteiger partial charge in [-0.05, 0) is 113 Å². The number of Topliss-reactive ketones (excluding diaryl/α,β-unsaturated/α-hetero) is 2. The molecule has 0 radical (unpaired) electrons. The average molecular weight is 943 g/mol. The van der Waals surface area contributed by atoms with Crippen LogP contribution in [0.1, 0.15) is 126 Å². The van der Waals surface area contributed by atoms with Gasteiger partial charge in [-0.2, -0.15) is 0 Å². The van der Waals surface area contributed by atoms with Crippen molar-refractivity contribution < 1.29 is 28.7 Å². The predicted octanol–water partition coefficient (Wildman–Crippen LogP) is 10.3. The average Bonchev–Trinajstić information content (AvgIpc) is 3.32. The van der Waals surface area contributed by atoms with E-state index in [1.54, 1.807) is 4.90 Å². The number of anilines is 5. The maximum absolute atomic E-state index is 13.3. The lowest BCUT2D eigenvalue weighted by Gasteiger charge is -2.36. The Hall–Kier alpha value is -6.31. The molecule has 0 aliphatic carbocycles. The highest BCUT2D eigenvalue weighted by Gasteiger charge is 2.33. The van der Waals surface area contributed by atoms with Crippen LogP contribution in [0.2, 0.25) is 0 Å². The molecule has 2 aromatic carbocycles. The van der Waals surface area contributed by atoms with Gasteiger partial charge in [0.25, 0.3) is 0 Å². The van der Waals surface area contributed by atoms with Crippen LogP contribution in [0.25, 0.3) is 0 Å². The van der Waals surface area contributed by atoms with E-state index >= 15 is 0 Å². The van der Waals surface area contributed by atoms with Gasteiger partial charge in [0, 0.05) is 80.2 Å². The van der Waals surface area contributed by atoms with Crippen LogP contribution in [0, 0.1) is 18.8 Å². The topological polar surface area (TPSA) is 150 Å². The summed E-state index contributed by atoms with van der Waals surface area (Å²) in [6.45, 7) is 28.4. The normalized spacial score (nSPS) is 15.0. The summed E-state index contributed by atoms with van der Waals surface area (Å²) < 4.78 is 11.5. The van der Waals surface area contributed by atoms with Gasteiger partial charge in [0.1, 0.15) is 23.7 Å². The second kappa shape index (κ2) is 23.3. The number of aryl methyl sites for hydroxylation is 1. The van der Waals surface area contributed by atoms with Crippen molar-refractivity contribution in [3.05, 3.63) is 101 Å². The monoisotopic (exact) mass is 943 g/mol. The van der Waals surface area contributed by atoms with Crippen LogP contribution in [0.15, 0.2) is 67.0 Å². The summed E-state index contributed by atoms with van der Waals surface area (Å²) in [4.78, 5) is 72.5. The largest absolute Gasteiger partial charge is 0.474 e. The molecule has 0 spiro atoms. The number of pyridine rings is 1. The lowest BCUT2D eigenvalue weighted by atomic mass is 9.94. The molecule has 1 saturated heterocycles. The Kier molecular flexibility index (Phi) is 17.6. The van der Waals surface area contributed by atoms with E-state index in [1.807, 2.05) is 109 Å². The highest BCUT2D eigenvalue weighted by atomic mass is 16.6. The van der Waals surface area contributed by atoms with Crippen LogP contribution in [0.3, 0.4) is 0 Å². The second-order valence-corrected chi connectivity index (χ2v) is 19.9. The van der Waals surface area contributed by atoms with Crippen molar-refractivity contribution in [2.24, 2.45) is 11.8 Å². The van der Waals surface area contributed by atoms with Crippen molar-refractivity contribution in [2.45, 2.75) is 126 Å². The first-order valence-electron chi connectivity index (χ1n) is 24.8. The van der Waals surface area contributed by atoms with Gasteiger partial charge in [0.15, 0.2) is 5.78 Å². The number of rotatable bonds is 15. The Morgan fingerprint density at radius 3 is 2.28 bits per heavy atom. The number of nitrogens with one attached hydrogen (secondary N) is 1. The molecule has 1 unspecified atom stereocenters. The zero-order valence-electron chi connectivity index (χ0n) is 42.7. The first kappa shape index (κ1) is 52.1. The number of fused-ring (bicyclic) bond motifs is 2. The number of hydrogen-bond donors (Lipinski definition) is 1. The number of nitrogens with zero attached hydrogens (tertiary/aromatic N) is 7. The molecule has 0 bridgehead atoms. The lowest BCUT2D eigenvalue weighted by Crippen LogP contribution is -2.49. The number of carbonyl (C=O) groups excluding carboxylic acids is 4. The fourth-order valence-electron chi connectivity index (χ4n) is 8.70. The molecule has 0 saturated carbocycles. The van der Waals surface area contributed by atoms with E-state index in [0.29, 0.717) is 68.4 Å². The Bertz CT molecular complexity index is 2470. The third-order valence-electron chi connectivity index (χ3n) is 13.0. The first-order valence-corrected chi connectivity index (χ1v) is 24.8. The van der Waals surface area contributed by atoms with Gasteiger partial charge in [-0.3, -0.25) is 19.3 Å². The molecular weight excluding hydrogens is 869 g/mol. The number of benzene rings is 2. The third-order valence-corrected chi connectivity index (χ3v) is 13.0. The van der Waals surface area contributed by atoms with E-state index in [0.717, 1.165) is 109 Å². The van der Waals surface area contributed by atoms with E-state index < -0.39 is 11.7 Å². The fraction of sp³-hybridized carbons (Fsp3) is 0.509. The zero-order chi connectivity index (χ0) is 50.0. The van der Waals surface area contributed by atoms with Crippen molar-refractivity contribution in [3.63, 3.8) is 0 Å². The van der Waals surface area contributed by atoms with E-state index in [2.05, 4.69) is 51.6 Å². The van der Waals surface area contributed by atoms with Crippen LogP contribution in [-0.2, 0) is 40.1 Å². The molecule has 3 aliphatic heterocycles. The maximum atomic E-state index is 13.3. The molecule has 2 aromatic heterocycles. The van der Waals surface area contributed by atoms with Crippen LogP contribution >= 0.6 is 0 Å². The molecule has 1 fully saturated rings. The van der Waals surface area contributed by atoms with Crippen molar-refractivity contribution in [1.29, 1.82) is 0 Å². The van der Waals surface area contributed by atoms with Crippen molar-refractivity contribution in [1.82, 2.24) is 19.9 Å². The number of allylic oxidation sites excluding steroid dienone is 1. The number of amides is 2. The molecule has 69 heavy (non-hydrogen) atoms. The number of aromatic nitrogens is 3. The van der Waals surface area contributed by atoms with Crippen LogP contribution < -0.4 is 24.8 Å². The summed E-state index contributed by atoms with van der Waals surface area (Å²) in [5, 5.41) is 3.34. The molecule has 7 rings (SSSR count). The second-order valence-electron chi connectivity index (χ2n) is 19.9. The predicted molar refractivity (Wildman–Crippen MR) is 275 cm³/mol. The molecular formula is C55H74N8O6. The van der Waals surface area contributed by atoms with Gasteiger partial charge < -0.3 is 29.5 Å². The van der Waals surface area contributed by atoms with Crippen molar-refractivity contribution >= 4 is 52.3 Å². The van der Waals surface area contributed by atoms with Crippen LogP contribution in [-0.4, -0.2) is 94.9 Å². The number of ether oxygens (including phenoxy) is 2. The smallest absolute Gasteiger partial charge is 0.415 e. The Labute approximate surface area is 409 Å². The summed E-state index contributed by atoms with van der Waals surface area (Å²) in [7, 11) is 0. The number of ketones is 2. The Morgan fingerprint density at radius 2 is 1.62 bits per heavy atom. The molecule has 2 amide bonds. The quantitative estimate of drug-likeness (QED) is 0.0893. The lowest BCUT2D eigenvalue weighted by molar-refractivity contribution is -0.130. The van der Waals surface area contributed by atoms with Gasteiger partial charge in [-0.15, -0.1) is 0 Å². The number of carbonyl (C=O) groups is 4. The van der Waals surface area contributed by atoms with Crippen LogP contribution in [0.5, 0.6) is 5.88 Å². The first-order chi connectivity index (χ1) is 32.8. The molecule has 5 heterocycles. The summed E-state index contributed by atoms with van der Waals surface area (Å²) in [6.07, 6.45) is 8.58. The highest BCUT2D eigenvalue weighted by Crippen LogP contribution is 2.40. The summed E-state index contributed by atoms with van der Waals surface area (Å²) in [6, 6.07) is 14.0. The minimum atomic E-state index is -0.623. The van der Waals surface area contributed by atoms with E-state index in [-0.39, 0.29) is 17.6 Å². The summed E-state index contributed by atoms with van der Waals surface area (Å²) in [5.74, 6) is 2.07. The minimum Gasteiger partial charge on any atom is -0.474 e. The van der Waals surface area contributed by atoms with E-state index in [1.165, 1.54) is 5.57 Å². The molecule has 370 valence electrons. The van der Waals surface area contributed by atoms with Gasteiger partial charge in [-0.25, -0.2) is 19.7 Å². The SMILES string of the molecule is C=C(C)C(C)CCC(=O)CCC.CCc1cc(N2CCN(C(=O)Cc3ccc(Nc4ncc5c(n4)CN(c4cnc6c(c4C)N(C(=O)OC(C)(C)C)CCO6)CC5)cc3)CC2)ccc1C(=O)C(C)C. The Morgan fingerprint density at radius 1 is 0.899 bits per heavy atom. The molecule has 3 aliphatic rings. The van der Waals surface area contributed by atoms with Gasteiger partial charge in [-0.1, -0.05) is 58.9 Å². The zero-order valence-corrected chi connectivity index (χ0v) is 42.7. The number of piperazine rings is 1. The molecule has 14 nitrogen and oxygen atoms in total. The van der Waals surface area contributed by atoms with Crippen molar-refractivity contribution in [3.8, 4) is 5.88 Å². The van der Waals surface area contributed by atoms with E-state index in [4.69, 9.17) is 14.5 Å². The molecule has 1 N–H and O–H groups in total. The molecule has 14 heteroatoms. The van der Waals surface area contributed by atoms with E-state index in [9.17, 15) is 19.2 Å². The fourth-order valence-corrected chi connectivity index (χ4v) is 8.70. The van der Waals surface area contributed by atoms with Gasteiger partial charge in [0.05, 0.1) is 37.1 Å². The van der Waals surface area contributed by atoms with Crippen molar-refractivity contribution in [2.75, 3.05) is 65.9 Å². The highest BCUT2D eigenvalue weighted by molar-refractivity contribution is 5.99. The number of hydrogen-bond acceptors (Lipinski definition) is 12. The molecule has 1 atom stereocenters. The maximum Gasteiger partial charge on any atom is 0.415 e. The van der Waals surface area contributed by atoms with Crippen LogP contribution in [0.4, 0.5) is 33.5 Å². The van der Waals surface area contributed by atoms with Gasteiger partial charge >= 0.3 is 6.09 Å². The molecule has 4 aromatic rings. The standard InChI is InChI=1S/C44H54N8O5.C11H20O/c1-8-31-24-34(13-14-35(31)40(54)28(2)3)49-17-19-50(20-18-49)38(53)23-30-9-11-33(12-10-30)47-42-46-25-32-15-16-51(27-36(32)48-42)37-26-45-41-39(29(37)4)52(21-22-56-41)43(55)57-44(5,6)7;1-5-6-11(12)8-7-10(4)9(2)3/h9-14,24-26,28H,8,15-23,27H2,1-7H3,(H,46,47,48);10H,2,5-8H2,1,3-4H3. The summed E-state index contributed by atoms with van der Waals surface area (Å²) in [5.41, 5.74) is 9.79.